The van der Waals surface area contributed by atoms with Crippen molar-refractivity contribution in [3.63, 3.8) is 0 Å². The van der Waals surface area contributed by atoms with E-state index in [-0.39, 0.29) is 5.41 Å². The maximum atomic E-state index is 5.81. The minimum atomic E-state index is 0.160. The van der Waals surface area contributed by atoms with Gasteiger partial charge in [-0.25, -0.2) is 0 Å². The van der Waals surface area contributed by atoms with Crippen molar-refractivity contribution in [3.05, 3.63) is 56.6 Å². The first-order chi connectivity index (χ1) is 11.8. The highest BCUT2D eigenvalue weighted by atomic mass is 79.9. The highest BCUT2D eigenvalue weighted by Gasteiger charge is 2.22. The lowest BCUT2D eigenvalue weighted by Crippen LogP contribution is -2.16. The summed E-state index contributed by atoms with van der Waals surface area (Å²) in [5.74, 6) is 1.88. The molecule has 0 atom stereocenters. The summed E-state index contributed by atoms with van der Waals surface area (Å²) in [6, 6.07) is 9.17. The van der Waals surface area contributed by atoms with Crippen LogP contribution < -0.4 is 9.47 Å². The lowest BCUT2D eigenvalue weighted by Gasteiger charge is -2.25. The molecule has 0 aromatic heterocycles. The Labute approximate surface area is 159 Å². The van der Waals surface area contributed by atoms with Gasteiger partial charge < -0.3 is 9.47 Å². The molecule has 1 aliphatic rings. The number of rotatable bonds is 2. The van der Waals surface area contributed by atoms with Crippen LogP contribution in [0.5, 0.6) is 11.5 Å². The third-order valence-electron chi connectivity index (χ3n) is 5.07. The highest BCUT2D eigenvalue weighted by Crippen LogP contribution is 2.41. The zero-order valence-electron chi connectivity index (χ0n) is 15.8. The van der Waals surface area contributed by atoms with Gasteiger partial charge in [0.25, 0.3) is 0 Å². The zero-order valence-corrected chi connectivity index (χ0v) is 17.4. The van der Waals surface area contributed by atoms with Gasteiger partial charge in [0.1, 0.15) is 11.5 Å². The Kier molecular flexibility index (Phi) is 5.15. The van der Waals surface area contributed by atoms with Crippen LogP contribution in [0.4, 0.5) is 0 Å². The topological polar surface area (TPSA) is 18.5 Å². The van der Waals surface area contributed by atoms with E-state index in [2.05, 4.69) is 61.0 Å². The van der Waals surface area contributed by atoms with Crippen molar-refractivity contribution in [2.24, 2.45) is 0 Å². The van der Waals surface area contributed by atoms with Crippen LogP contribution in [0.1, 0.15) is 48.6 Å². The Hall–Kier alpha value is -1.48. The van der Waals surface area contributed by atoms with E-state index in [1.165, 1.54) is 22.3 Å². The maximum absolute atomic E-state index is 5.81. The molecule has 0 unspecified atom stereocenters. The lowest BCUT2D eigenvalue weighted by molar-refractivity contribution is 0.380. The molecule has 0 N–H and O–H groups in total. The third kappa shape index (κ3) is 3.57. The van der Waals surface area contributed by atoms with Crippen molar-refractivity contribution in [1.29, 1.82) is 0 Å². The van der Waals surface area contributed by atoms with Gasteiger partial charge in [0.05, 0.1) is 18.7 Å². The molecule has 25 heavy (non-hydrogen) atoms. The molecule has 1 aliphatic carbocycles. The molecule has 2 aromatic rings. The average molecular weight is 403 g/mol. The van der Waals surface area contributed by atoms with Crippen molar-refractivity contribution in [2.75, 3.05) is 14.2 Å². The van der Waals surface area contributed by atoms with Crippen LogP contribution in [-0.4, -0.2) is 14.2 Å². The molecule has 0 amide bonds. The van der Waals surface area contributed by atoms with E-state index in [1.807, 2.05) is 0 Å². The molecule has 0 fully saturated rings. The molecule has 2 nitrogen and oxygen atoms in total. The standard InChI is InChI=1S/C22H27BrO2/c1-22(2,3)18-11-7-14-6-10-17-20(24-4)16(9-8-15(18)12-14)13-19(23)21(17)25-5/h7,11-13H,6,8-10H2,1-5H3. The maximum Gasteiger partial charge on any atom is 0.139 e. The summed E-state index contributed by atoms with van der Waals surface area (Å²) in [4.78, 5) is 0. The van der Waals surface area contributed by atoms with Gasteiger partial charge in [-0.2, -0.15) is 0 Å². The van der Waals surface area contributed by atoms with E-state index in [1.54, 1.807) is 14.2 Å². The molecule has 0 heterocycles. The van der Waals surface area contributed by atoms with E-state index < -0.39 is 0 Å². The predicted octanol–water partition coefficient (Wildman–Crippen LogP) is 5.65. The Bertz CT molecular complexity index is 788. The van der Waals surface area contributed by atoms with Crippen molar-refractivity contribution in [2.45, 2.75) is 51.9 Å². The molecule has 0 spiro atoms. The summed E-state index contributed by atoms with van der Waals surface area (Å²) in [7, 11) is 3.49. The Morgan fingerprint density at radius 3 is 2.16 bits per heavy atom. The second-order valence-electron chi connectivity index (χ2n) is 7.80. The zero-order chi connectivity index (χ0) is 18.2. The number of fused-ring (bicyclic) bond motifs is 4. The van der Waals surface area contributed by atoms with Gasteiger partial charge in [-0.15, -0.1) is 0 Å². The molecule has 0 radical (unpaired) electrons. The second kappa shape index (κ2) is 7.03. The minimum Gasteiger partial charge on any atom is -0.496 e. The first-order valence-electron chi connectivity index (χ1n) is 8.89. The fourth-order valence-corrected chi connectivity index (χ4v) is 4.57. The van der Waals surface area contributed by atoms with Gasteiger partial charge in [0.2, 0.25) is 0 Å². The highest BCUT2D eigenvalue weighted by molar-refractivity contribution is 9.10. The molecule has 2 aromatic carbocycles. The Morgan fingerprint density at radius 1 is 0.840 bits per heavy atom. The van der Waals surface area contributed by atoms with Gasteiger partial charge in [-0.05, 0) is 75.3 Å². The fraction of sp³-hybridized carbons (Fsp3) is 0.455. The van der Waals surface area contributed by atoms with E-state index in [0.717, 1.165) is 47.2 Å². The summed E-state index contributed by atoms with van der Waals surface area (Å²) in [6.45, 7) is 6.88. The number of hydrogen-bond donors (Lipinski definition) is 0. The van der Waals surface area contributed by atoms with Crippen LogP contribution >= 0.6 is 15.9 Å². The van der Waals surface area contributed by atoms with Gasteiger partial charge in [0.15, 0.2) is 0 Å². The van der Waals surface area contributed by atoms with Crippen LogP contribution in [0.25, 0.3) is 0 Å². The number of benzene rings is 2. The molecule has 0 saturated heterocycles. The van der Waals surface area contributed by atoms with Crippen molar-refractivity contribution in [3.8, 4) is 11.5 Å². The monoisotopic (exact) mass is 402 g/mol. The number of halogens is 1. The van der Waals surface area contributed by atoms with E-state index in [0.29, 0.717) is 0 Å². The SMILES string of the molecule is COc1c(Br)cc2c(OC)c1CCc1ccc(C(C)(C)C)c(c1)CC2. The number of hydrogen-bond acceptors (Lipinski definition) is 2. The van der Waals surface area contributed by atoms with Crippen LogP contribution in [0.3, 0.4) is 0 Å². The first-order valence-corrected chi connectivity index (χ1v) is 9.69. The predicted molar refractivity (Wildman–Crippen MR) is 107 cm³/mol. The van der Waals surface area contributed by atoms with Crippen molar-refractivity contribution < 1.29 is 9.47 Å². The smallest absolute Gasteiger partial charge is 0.139 e. The van der Waals surface area contributed by atoms with E-state index >= 15 is 0 Å². The fourth-order valence-electron chi connectivity index (χ4n) is 3.89. The van der Waals surface area contributed by atoms with Gasteiger partial charge in [0, 0.05) is 5.56 Å². The molecule has 134 valence electrons. The molecule has 3 heteroatoms. The summed E-state index contributed by atoms with van der Waals surface area (Å²) in [6.07, 6.45) is 3.88. The van der Waals surface area contributed by atoms with E-state index in [4.69, 9.17) is 9.47 Å². The third-order valence-corrected chi connectivity index (χ3v) is 5.66. The summed E-state index contributed by atoms with van der Waals surface area (Å²) < 4.78 is 12.5. The molecule has 4 bridgehead atoms. The molecular weight excluding hydrogens is 376 g/mol. The van der Waals surface area contributed by atoms with E-state index in [9.17, 15) is 0 Å². The van der Waals surface area contributed by atoms with Crippen LogP contribution in [-0.2, 0) is 31.1 Å². The number of methoxy groups -OCH3 is 2. The molecule has 3 rings (SSSR count). The Balaban J connectivity index is 2.12. The van der Waals surface area contributed by atoms with Gasteiger partial charge in [-0.3, -0.25) is 0 Å². The van der Waals surface area contributed by atoms with Crippen LogP contribution in [0.15, 0.2) is 28.7 Å². The summed E-state index contributed by atoms with van der Waals surface area (Å²) >= 11 is 3.69. The average Bonchev–Trinajstić information content (AvgIpc) is 2.56. The summed E-state index contributed by atoms with van der Waals surface area (Å²) in [5, 5.41) is 0. The Morgan fingerprint density at radius 2 is 1.52 bits per heavy atom. The number of ether oxygens (including phenoxy) is 2. The van der Waals surface area contributed by atoms with Crippen LogP contribution in [0.2, 0.25) is 0 Å². The minimum absolute atomic E-state index is 0.160. The first kappa shape index (κ1) is 18.3. The lowest BCUT2D eigenvalue weighted by atomic mass is 9.80. The second-order valence-corrected chi connectivity index (χ2v) is 8.66. The quantitative estimate of drug-likeness (QED) is 0.645. The molecular formula is C22H27BrO2. The van der Waals surface area contributed by atoms with Gasteiger partial charge in [-0.1, -0.05) is 39.0 Å². The largest absolute Gasteiger partial charge is 0.496 e. The van der Waals surface area contributed by atoms with Gasteiger partial charge >= 0.3 is 0 Å². The molecule has 0 aliphatic heterocycles. The van der Waals surface area contributed by atoms with Crippen molar-refractivity contribution >= 4 is 15.9 Å². The number of aryl methyl sites for hydroxylation is 3. The normalized spacial score (nSPS) is 14.2. The van der Waals surface area contributed by atoms with Crippen molar-refractivity contribution in [1.82, 2.24) is 0 Å². The van der Waals surface area contributed by atoms with Crippen LogP contribution in [0, 0.1) is 0 Å². The molecule has 0 saturated carbocycles. The summed E-state index contributed by atoms with van der Waals surface area (Å²) in [5.41, 5.74) is 6.87.